The van der Waals surface area contributed by atoms with Crippen molar-refractivity contribution in [2.24, 2.45) is 0 Å². The average Bonchev–Trinajstić information content (AvgIpc) is 2.64. The summed E-state index contributed by atoms with van der Waals surface area (Å²) in [6.07, 6.45) is 1.91. The van der Waals surface area contributed by atoms with Gasteiger partial charge in [-0.15, -0.1) is 0 Å². The average molecular weight is 348 g/mol. The number of hydrogen-bond donors (Lipinski definition) is 2. The summed E-state index contributed by atoms with van der Waals surface area (Å²) in [7, 11) is 0. The number of aromatic nitrogens is 2. The van der Waals surface area contributed by atoms with E-state index in [1.807, 2.05) is 30.3 Å². The quantitative estimate of drug-likeness (QED) is 0.745. The SMILES string of the molecule is Cc1cc(C2Cc3nc(N)ncc3C(=O)N2)c(-c2ccccc2)cc1F. The van der Waals surface area contributed by atoms with Crippen LogP contribution in [0.5, 0.6) is 0 Å². The molecule has 2 heterocycles. The smallest absolute Gasteiger partial charge is 0.255 e. The molecular formula is C20H17FN4O. The second-order valence-electron chi connectivity index (χ2n) is 6.37. The first kappa shape index (κ1) is 16.2. The second kappa shape index (κ2) is 6.22. The fourth-order valence-corrected chi connectivity index (χ4v) is 3.31. The summed E-state index contributed by atoms with van der Waals surface area (Å²) in [6, 6.07) is 12.6. The van der Waals surface area contributed by atoms with Gasteiger partial charge in [0, 0.05) is 12.6 Å². The molecule has 1 aliphatic rings. The van der Waals surface area contributed by atoms with E-state index in [-0.39, 0.29) is 23.7 Å². The highest BCUT2D eigenvalue weighted by Crippen LogP contribution is 2.34. The van der Waals surface area contributed by atoms with Crippen molar-refractivity contribution in [2.45, 2.75) is 19.4 Å². The van der Waals surface area contributed by atoms with Crippen LogP contribution in [0, 0.1) is 12.7 Å². The Kier molecular flexibility index (Phi) is 3.88. The summed E-state index contributed by atoms with van der Waals surface area (Å²) in [5, 5.41) is 2.98. The molecule has 3 N–H and O–H groups in total. The Hall–Kier alpha value is -3.28. The lowest BCUT2D eigenvalue weighted by Gasteiger charge is -2.27. The number of aryl methyl sites for hydroxylation is 1. The third-order valence-corrected chi connectivity index (χ3v) is 4.62. The van der Waals surface area contributed by atoms with Crippen LogP contribution in [-0.2, 0) is 6.42 Å². The van der Waals surface area contributed by atoms with E-state index in [2.05, 4.69) is 15.3 Å². The maximum atomic E-state index is 14.3. The number of carbonyl (C=O) groups is 1. The van der Waals surface area contributed by atoms with E-state index in [0.29, 0.717) is 23.2 Å². The Morgan fingerprint density at radius 1 is 1.19 bits per heavy atom. The molecule has 26 heavy (non-hydrogen) atoms. The molecule has 0 aliphatic carbocycles. The van der Waals surface area contributed by atoms with Crippen molar-refractivity contribution in [3.8, 4) is 11.1 Å². The normalized spacial score (nSPS) is 16.1. The summed E-state index contributed by atoms with van der Waals surface area (Å²) < 4.78 is 14.3. The van der Waals surface area contributed by atoms with Gasteiger partial charge in [-0.05, 0) is 35.2 Å². The Morgan fingerprint density at radius 2 is 1.96 bits per heavy atom. The van der Waals surface area contributed by atoms with Crippen molar-refractivity contribution < 1.29 is 9.18 Å². The van der Waals surface area contributed by atoms with Crippen molar-refractivity contribution in [1.29, 1.82) is 0 Å². The Labute approximate surface area is 150 Å². The molecule has 2 aromatic carbocycles. The van der Waals surface area contributed by atoms with Crippen LogP contribution in [0.2, 0.25) is 0 Å². The minimum Gasteiger partial charge on any atom is -0.368 e. The molecule has 3 aromatic rings. The molecule has 1 atom stereocenters. The highest BCUT2D eigenvalue weighted by molar-refractivity contribution is 5.96. The summed E-state index contributed by atoms with van der Waals surface area (Å²) in [6.45, 7) is 1.71. The van der Waals surface area contributed by atoms with Gasteiger partial charge >= 0.3 is 0 Å². The molecule has 0 saturated heterocycles. The van der Waals surface area contributed by atoms with Crippen LogP contribution in [0.3, 0.4) is 0 Å². The topological polar surface area (TPSA) is 80.9 Å². The number of carbonyl (C=O) groups excluding carboxylic acids is 1. The fourth-order valence-electron chi connectivity index (χ4n) is 3.31. The largest absolute Gasteiger partial charge is 0.368 e. The Balaban J connectivity index is 1.83. The molecule has 130 valence electrons. The molecule has 1 amide bonds. The number of nitrogens with one attached hydrogen (secondary N) is 1. The van der Waals surface area contributed by atoms with Crippen LogP contribution >= 0.6 is 0 Å². The maximum absolute atomic E-state index is 14.3. The van der Waals surface area contributed by atoms with Crippen molar-refractivity contribution >= 4 is 11.9 Å². The van der Waals surface area contributed by atoms with Gasteiger partial charge in [0.15, 0.2) is 0 Å². The number of nitrogens with zero attached hydrogens (tertiary/aromatic N) is 2. The van der Waals surface area contributed by atoms with Gasteiger partial charge in [-0.3, -0.25) is 4.79 Å². The molecule has 0 spiro atoms. The lowest BCUT2D eigenvalue weighted by molar-refractivity contribution is 0.0923. The van der Waals surface area contributed by atoms with E-state index in [1.54, 1.807) is 13.0 Å². The van der Waals surface area contributed by atoms with Gasteiger partial charge in [0.25, 0.3) is 5.91 Å². The van der Waals surface area contributed by atoms with Crippen LogP contribution in [0.15, 0.2) is 48.7 Å². The van der Waals surface area contributed by atoms with Gasteiger partial charge in [-0.2, -0.15) is 0 Å². The number of fused-ring (bicyclic) bond motifs is 1. The standard InChI is InChI=1S/C20H17FN4O/c1-11-7-14(13(8-16(11)21)12-5-3-2-4-6-12)17-9-18-15(19(26)24-17)10-23-20(22)25-18/h2-8,10,17H,9H2,1H3,(H,24,26)(H2,22,23,25). The molecule has 4 rings (SSSR count). The molecule has 0 fully saturated rings. The van der Waals surface area contributed by atoms with Gasteiger partial charge < -0.3 is 11.1 Å². The van der Waals surface area contributed by atoms with E-state index in [0.717, 1.165) is 16.7 Å². The van der Waals surface area contributed by atoms with E-state index in [4.69, 9.17) is 5.73 Å². The number of hydrogen-bond acceptors (Lipinski definition) is 4. The second-order valence-corrected chi connectivity index (χ2v) is 6.37. The summed E-state index contributed by atoms with van der Waals surface area (Å²) >= 11 is 0. The van der Waals surface area contributed by atoms with E-state index in [9.17, 15) is 9.18 Å². The third-order valence-electron chi connectivity index (χ3n) is 4.62. The zero-order valence-electron chi connectivity index (χ0n) is 14.2. The van der Waals surface area contributed by atoms with Gasteiger partial charge in [-0.1, -0.05) is 36.4 Å². The van der Waals surface area contributed by atoms with Crippen LogP contribution in [0.25, 0.3) is 11.1 Å². The molecular weight excluding hydrogens is 331 g/mol. The first-order valence-corrected chi connectivity index (χ1v) is 8.30. The lowest BCUT2D eigenvalue weighted by Crippen LogP contribution is -2.36. The maximum Gasteiger partial charge on any atom is 0.255 e. The molecule has 0 saturated carbocycles. The van der Waals surface area contributed by atoms with Crippen LogP contribution in [-0.4, -0.2) is 15.9 Å². The Bertz CT molecular complexity index is 1000. The minimum atomic E-state index is -0.321. The number of nitrogens with two attached hydrogens (primary N) is 1. The zero-order valence-corrected chi connectivity index (χ0v) is 14.2. The molecule has 5 nitrogen and oxygen atoms in total. The van der Waals surface area contributed by atoms with Crippen LogP contribution in [0.1, 0.15) is 33.2 Å². The number of amides is 1. The molecule has 1 aromatic heterocycles. The molecule has 1 aliphatic heterocycles. The predicted molar refractivity (Wildman–Crippen MR) is 96.9 cm³/mol. The summed E-state index contributed by atoms with van der Waals surface area (Å²) in [4.78, 5) is 20.6. The lowest BCUT2D eigenvalue weighted by atomic mass is 9.88. The number of benzene rings is 2. The number of halogens is 1. The highest BCUT2D eigenvalue weighted by Gasteiger charge is 2.29. The van der Waals surface area contributed by atoms with E-state index < -0.39 is 0 Å². The molecule has 0 radical (unpaired) electrons. The van der Waals surface area contributed by atoms with Crippen molar-refractivity contribution in [3.05, 3.63) is 76.9 Å². The zero-order chi connectivity index (χ0) is 18.3. The van der Waals surface area contributed by atoms with Gasteiger partial charge in [0.2, 0.25) is 5.95 Å². The Morgan fingerprint density at radius 3 is 2.73 bits per heavy atom. The van der Waals surface area contributed by atoms with Crippen molar-refractivity contribution in [2.75, 3.05) is 5.73 Å². The highest BCUT2D eigenvalue weighted by atomic mass is 19.1. The summed E-state index contributed by atoms with van der Waals surface area (Å²) in [5.41, 5.74) is 9.73. The van der Waals surface area contributed by atoms with E-state index in [1.165, 1.54) is 12.3 Å². The number of anilines is 1. The first-order chi connectivity index (χ1) is 12.5. The molecule has 0 bridgehead atoms. The third kappa shape index (κ3) is 2.79. The predicted octanol–water partition coefficient (Wildman–Crippen LogP) is 3.20. The monoisotopic (exact) mass is 348 g/mol. The van der Waals surface area contributed by atoms with Crippen molar-refractivity contribution in [1.82, 2.24) is 15.3 Å². The van der Waals surface area contributed by atoms with Gasteiger partial charge in [0.05, 0.1) is 17.3 Å². The van der Waals surface area contributed by atoms with Crippen LogP contribution in [0.4, 0.5) is 10.3 Å². The fraction of sp³-hybridized carbons (Fsp3) is 0.150. The first-order valence-electron chi connectivity index (χ1n) is 8.30. The van der Waals surface area contributed by atoms with Crippen molar-refractivity contribution in [3.63, 3.8) is 0 Å². The van der Waals surface area contributed by atoms with Gasteiger partial charge in [0.1, 0.15) is 5.82 Å². The summed E-state index contributed by atoms with van der Waals surface area (Å²) in [5.74, 6) is -0.394. The van der Waals surface area contributed by atoms with Crippen LogP contribution < -0.4 is 11.1 Å². The minimum absolute atomic E-state index is 0.135. The number of nitrogen functional groups attached to an aromatic ring is 1. The molecule has 1 unspecified atom stereocenters. The van der Waals surface area contributed by atoms with Gasteiger partial charge in [-0.25, -0.2) is 14.4 Å². The van der Waals surface area contributed by atoms with E-state index >= 15 is 0 Å². The molecule has 6 heteroatoms. The number of rotatable bonds is 2.